The van der Waals surface area contributed by atoms with Crippen LogP contribution in [0.15, 0.2) is 18.3 Å². The van der Waals surface area contributed by atoms with Crippen LogP contribution in [0.2, 0.25) is 0 Å². The molecule has 1 amide bonds. The summed E-state index contributed by atoms with van der Waals surface area (Å²) in [6, 6.07) is 3.89. The number of aliphatic hydroxyl groups is 1. The molecule has 1 heterocycles. The van der Waals surface area contributed by atoms with Crippen molar-refractivity contribution in [2.45, 2.75) is 39.2 Å². The third-order valence-corrected chi connectivity index (χ3v) is 3.51. The fraction of sp³-hybridized carbons (Fsp3) is 0.529. The molecular formula is C17H22N2O2. The van der Waals surface area contributed by atoms with Gasteiger partial charge in [-0.15, -0.1) is 0 Å². The van der Waals surface area contributed by atoms with Crippen molar-refractivity contribution in [3.05, 3.63) is 29.6 Å². The van der Waals surface area contributed by atoms with Gasteiger partial charge in [-0.1, -0.05) is 25.7 Å². The SMILES string of the molecule is CC(C)CCN(C(=O)c1ncccc1C#CCO)C1CC1. The third-order valence-electron chi connectivity index (χ3n) is 3.51. The van der Waals surface area contributed by atoms with Gasteiger partial charge in [-0.25, -0.2) is 4.98 Å². The van der Waals surface area contributed by atoms with Crippen molar-refractivity contribution < 1.29 is 9.90 Å². The molecule has 1 N–H and O–H groups in total. The summed E-state index contributed by atoms with van der Waals surface area (Å²) in [6.45, 7) is 4.87. The number of amides is 1. The molecule has 21 heavy (non-hydrogen) atoms. The first-order chi connectivity index (χ1) is 10.1. The van der Waals surface area contributed by atoms with Crippen LogP contribution < -0.4 is 0 Å². The Morgan fingerprint density at radius 3 is 2.90 bits per heavy atom. The fourth-order valence-electron chi connectivity index (χ4n) is 2.18. The molecule has 4 nitrogen and oxygen atoms in total. The molecule has 4 heteroatoms. The second kappa shape index (κ2) is 7.24. The number of hydrogen-bond acceptors (Lipinski definition) is 3. The zero-order valence-corrected chi connectivity index (χ0v) is 12.7. The van der Waals surface area contributed by atoms with Crippen LogP contribution >= 0.6 is 0 Å². The van der Waals surface area contributed by atoms with E-state index < -0.39 is 0 Å². The first-order valence-corrected chi connectivity index (χ1v) is 7.49. The predicted octanol–water partition coefficient (Wildman–Crippen LogP) is 2.08. The molecule has 0 unspecified atom stereocenters. The van der Waals surface area contributed by atoms with Gasteiger partial charge in [0.25, 0.3) is 5.91 Å². The summed E-state index contributed by atoms with van der Waals surface area (Å²) in [5.41, 5.74) is 0.987. The molecule has 0 atom stereocenters. The van der Waals surface area contributed by atoms with Crippen LogP contribution in [-0.4, -0.2) is 40.1 Å². The molecule has 0 radical (unpaired) electrons. The first-order valence-electron chi connectivity index (χ1n) is 7.49. The Hall–Kier alpha value is -1.86. The maximum Gasteiger partial charge on any atom is 0.273 e. The van der Waals surface area contributed by atoms with E-state index in [-0.39, 0.29) is 12.5 Å². The Morgan fingerprint density at radius 2 is 2.29 bits per heavy atom. The van der Waals surface area contributed by atoms with Crippen molar-refractivity contribution in [1.82, 2.24) is 9.88 Å². The summed E-state index contributed by atoms with van der Waals surface area (Å²) in [5, 5.41) is 8.82. The monoisotopic (exact) mass is 286 g/mol. The van der Waals surface area contributed by atoms with Gasteiger partial charge < -0.3 is 10.0 Å². The molecular weight excluding hydrogens is 264 g/mol. The lowest BCUT2D eigenvalue weighted by atomic mass is 10.1. The molecule has 2 rings (SSSR count). The highest BCUT2D eigenvalue weighted by atomic mass is 16.2. The van der Waals surface area contributed by atoms with Gasteiger partial charge in [0.1, 0.15) is 12.3 Å². The Bertz CT molecular complexity index is 553. The van der Waals surface area contributed by atoms with Crippen LogP contribution in [0.4, 0.5) is 0 Å². The van der Waals surface area contributed by atoms with Crippen LogP contribution in [0, 0.1) is 17.8 Å². The Balaban J connectivity index is 2.20. The summed E-state index contributed by atoms with van der Waals surface area (Å²) in [6.07, 6.45) is 4.76. The summed E-state index contributed by atoms with van der Waals surface area (Å²) in [4.78, 5) is 18.9. The topological polar surface area (TPSA) is 53.4 Å². The van der Waals surface area contributed by atoms with Crippen LogP contribution in [0.3, 0.4) is 0 Å². The lowest BCUT2D eigenvalue weighted by molar-refractivity contribution is 0.0729. The molecule has 1 aromatic rings. The van der Waals surface area contributed by atoms with E-state index in [1.807, 2.05) is 4.90 Å². The van der Waals surface area contributed by atoms with Gasteiger partial charge in [-0.3, -0.25) is 4.79 Å². The molecule has 112 valence electrons. The van der Waals surface area contributed by atoms with E-state index in [0.29, 0.717) is 23.2 Å². The standard InChI is InChI=1S/C17H22N2O2/c1-13(2)9-11-19(15-7-8-15)17(21)16-14(6-4-12-20)5-3-10-18-16/h3,5,10,13,15,20H,7-9,11-12H2,1-2H3. The van der Waals surface area contributed by atoms with Crippen LogP contribution in [-0.2, 0) is 0 Å². The van der Waals surface area contributed by atoms with Crippen molar-refractivity contribution >= 4 is 5.91 Å². The molecule has 0 aliphatic heterocycles. The van der Waals surface area contributed by atoms with E-state index in [9.17, 15) is 4.79 Å². The lowest BCUT2D eigenvalue weighted by Crippen LogP contribution is -2.35. The summed E-state index contributed by atoms with van der Waals surface area (Å²) in [7, 11) is 0. The second-order valence-corrected chi connectivity index (χ2v) is 5.77. The Labute approximate surface area is 126 Å². The number of nitrogens with zero attached hydrogens (tertiary/aromatic N) is 2. The number of hydrogen-bond donors (Lipinski definition) is 1. The van der Waals surface area contributed by atoms with Gasteiger partial charge >= 0.3 is 0 Å². The summed E-state index contributed by atoms with van der Waals surface area (Å²) in [5.74, 6) is 5.93. The highest BCUT2D eigenvalue weighted by Gasteiger charge is 2.34. The van der Waals surface area contributed by atoms with Crippen molar-refractivity contribution in [2.75, 3.05) is 13.2 Å². The number of carbonyl (C=O) groups is 1. The van der Waals surface area contributed by atoms with Gasteiger partial charge in [0.05, 0.1) is 5.56 Å². The minimum Gasteiger partial charge on any atom is -0.384 e. The highest BCUT2D eigenvalue weighted by molar-refractivity contribution is 5.95. The Kier molecular flexibility index (Phi) is 5.35. The zero-order chi connectivity index (χ0) is 15.2. The molecule has 1 aromatic heterocycles. The lowest BCUT2D eigenvalue weighted by Gasteiger charge is -2.23. The van der Waals surface area contributed by atoms with E-state index in [2.05, 4.69) is 30.7 Å². The average molecular weight is 286 g/mol. The van der Waals surface area contributed by atoms with Crippen LogP contribution in [0.5, 0.6) is 0 Å². The van der Waals surface area contributed by atoms with Crippen molar-refractivity contribution in [2.24, 2.45) is 5.92 Å². The van der Waals surface area contributed by atoms with Crippen molar-refractivity contribution in [3.63, 3.8) is 0 Å². The molecule has 1 fully saturated rings. The smallest absolute Gasteiger partial charge is 0.273 e. The largest absolute Gasteiger partial charge is 0.384 e. The van der Waals surface area contributed by atoms with Gasteiger partial charge in [0.15, 0.2) is 0 Å². The van der Waals surface area contributed by atoms with Crippen LogP contribution in [0.1, 0.15) is 49.2 Å². The van der Waals surface area contributed by atoms with E-state index in [4.69, 9.17) is 5.11 Å². The highest BCUT2D eigenvalue weighted by Crippen LogP contribution is 2.29. The number of carbonyl (C=O) groups excluding carboxylic acids is 1. The molecule has 0 bridgehead atoms. The minimum absolute atomic E-state index is 0.0408. The minimum atomic E-state index is -0.220. The van der Waals surface area contributed by atoms with Gasteiger partial charge in [0, 0.05) is 18.8 Å². The average Bonchev–Trinajstić information content (AvgIpc) is 3.30. The predicted molar refractivity (Wildman–Crippen MR) is 81.7 cm³/mol. The zero-order valence-electron chi connectivity index (χ0n) is 12.7. The normalized spacial score (nSPS) is 13.7. The van der Waals surface area contributed by atoms with Gasteiger partial charge in [0.2, 0.25) is 0 Å². The fourth-order valence-corrected chi connectivity index (χ4v) is 2.18. The first kappa shape index (κ1) is 15.5. The van der Waals surface area contributed by atoms with Gasteiger partial charge in [-0.05, 0) is 37.3 Å². The molecule has 1 aliphatic carbocycles. The van der Waals surface area contributed by atoms with Gasteiger partial charge in [-0.2, -0.15) is 0 Å². The summed E-state index contributed by atoms with van der Waals surface area (Å²) < 4.78 is 0. The summed E-state index contributed by atoms with van der Waals surface area (Å²) >= 11 is 0. The number of rotatable bonds is 5. The van der Waals surface area contributed by atoms with Crippen LogP contribution in [0.25, 0.3) is 0 Å². The molecule has 0 aromatic carbocycles. The maximum atomic E-state index is 12.8. The van der Waals surface area contributed by atoms with E-state index in [1.165, 1.54) is 0 Å². The maximum absolute atomic E-state index is 12.8. The molecule has 0 saturated heterocycles. The third kappa shape index (κ3) is 4.30. The van der Waals surface area contributed by atoms with E-state index in [0.717, 1.165) is 25.8 Å². The van der Waals surface area contributed by atoms with Crippen molar-refractivity contribution in [1.29, 1.82) is 0 Å². The molecule has 0 spiro atoms. The number of aromatic nitrogens is 1. The number of pyridine rings is 1. The quantitative estimate of drug-likeness (QED) is 0.843. The molecule has 1 aliphatic rings. The van der Waals surface area contributed by atoms with Crippen molar-refractivity contribution in [3.8, 4) is 11.8 Å². The Morgan fingerprint density at radius 1 is 1.52 bits per heavy atom. The van der Waals surface area contributed by atoms with E-state index in [1.54, 1.807) is 18.3 Å². The second-order valence-electron chi connectivity index (χ2n) is 5.77. The molecule has 1 saturated carbocycles. The van der Waals surface area contributed by atoms with E-state index >= 15 is 0 Å². The number of aliphatic hydroxyl groups excluding tert-OH is 1.